The maximum Gasteiger partial charge on any atom is 0.419 e. The van der Waals surface area contributed by atoms with Gasteiger partial charge in [-0.2, -0.15) is 13.2 Å². The molecule has 0 saturated heterocycles. The molecule has 0 saturated carbocycles. The number of benzene rings is 1. The van der Waals surface area contributed by atoms with Gasteiger partial charge < -0.3 is 10.1 Å². The smallest absolute Gasteiger partial charge is 0.419 e. The summed E-state index contributed by atoms with van der Waals surface area (Å²) in [4.78, 5) is 22.7. The van der Waals surface area contributed by atoms with Gasteiger partial charge in [0, 0.05) is 5.56 Å². The lowest BCUT2D eigenvalue weighted by molar-refractivity contribution is -0.180. The lowest BCUT2D eigenvalue weighted by Gasteiger charge is -2.19. The van der Waals surface area contributed by atoms with Crippen LogP contribution in [0.2, 0.25) is 0 Å². The lowest BCUT2D eigenvalue weighted by Crippen LogP contribution is -2.51. The standard InChI is InChI=1S/C12H12F3NO3/c1-7-4-3-5-8(6-7)10(17)16-9(11(18)19-2)12(13,14)15/h3-6,9H,1-2H3,(H,16,17)/t9-/m0/s1. The Kier molecular flexibility index (Phi) is 4.52. The van der Waals surface area contributed by atoms with Gasteiger partial charge in [0.25, 0.3) is 5.91 Å². The molecule has 1 aromatic rings. The SMILES string of the molecule is COC(=O)[C@H](NC(=O)c1cccc(C)c1)C(F)(F)F. The number of nitrogens with one attached hydrogen (secondary N) is 1. The zero-order chi connectivity index (χ0) is 14.6. The van der Waals surface area contributed by atoms with Crippen LogP contribution in [0.4, 0.5) is 13.2 Å². The number of esters is 1. The molecule has 104 valence electrons. The highest BCUT2D eigenvalue weighted by Crippen LogP contribution is 2.21. The maximum absolute atomic E-state index is 12.6. The molecule has 0 bridgehead atoms. The zero-order valence-corrected chi connectivity index (χ0v) is 10.2. The fourth-order valence-corrected chi connectivity index (χ4v) is 1.39. The average Bonchev–Trinajstić information content (AvgIpc) is 2.33. The molecule has 1 N–H and O–H groups in total. The van der Waals surface area contributed by atoms with Crippen LogP contribution in [0.25, 0.3) is 0 Å². The minimum absolute atomic E-state index is 0.0400. The number of hydrogen-bond donors (Lipinski definition) is 1. The number of carbonyl (C=O) groups excluding carboxylic acids is 2. The van der Waals surface area contributed by atoms with Gasteiger partial charge in [-0.3, -0.25) is 4.79 Å². The highest BCUT2D eigenvalue weighted by molar-refractivity contribution is 5.97. The van der Waals surface area contributed by atoms with Gasteiger partial charge in [-0.05, 0) is 19.1 Å². The molecular formula is C12H12F3NO3. The third kappa shape index (κ3) is 3.97. The summed E-state index contributed by atoms with van der Waals surface area (Å²) in [5.74, 6) is -2.55. The van der Waals surface area contributed by atoms with E-state index in [1.807, 2.05) is 0 Å². The summed E-state index contributed by atoms with van der Waals surface area (Å²) in [5.41, 5.74) is 0.757. The Bertz CT molecular complexity index is 485. The largest absolute Gasteiger partial charge is 0.467 e. The molecule has 0 spiro atoms. The molecule has 0 aromatic heterocycles. The van der Waals surface area contributed by atoms with Crippen LogP contribution >= 0.6 is 0 Å². The van der Waals surface area contributed by atoms with Gasteiger partial charge in [-0.15, -0.1) is 0 Å². The van der Waals surface area contributed by atoms with Crippen LogP contribution < -0.4 is 5.32 Å². The van der Waals surface area contributed by atoms with E-state index < -0.39 is 24.1 Å². The van der Waals surface area contributed by atoms with Crippen LogP contribution in [-0.4, -0.2) is 31.2 Å². The van der Waals surface area contributed by atoms with Gasteiger partial charge in [0.05, 0.1) is 7.11 Å². The summed E-state index contributed by atoms with van der Waals surface area (Å²) in [6.45, 7) is 1.69. The molecule has 0 heterocycles. The predicted octanol–water partition coefficient (Wildman–Crippen LogP) is 1.83. The molecule has 4 nitrogen and oxygen atoms in total. The van der Waals surface area contributed by atoms with Crippen molar-refractivity contribution in [2.24, 2.45) is 0 Å². The molecule has 1 rings (SSSR count). The second-order valence-electron chi connectivity index (χ2n) is 3.84. The zero-order valence-electron chi connectivity index (χ0n) is 10.2. The number of hydrogen-bond acceptors (Lipinski definition) is 3. The molecule has 7 heteroatoms. The van der Waals surface area contributed by atoms with Crippen molar-refractivity contribution in [3.05, 3.63) is 35.4 Å². The first-order chi connectivity index (χ1) is 8.75. The number of carbonyl (C=O) groups is 2. The highest BCUT2D eigenvalue weighted by atomic mass is 19.4. The summed E-state index contributed by atoms with van der Waals surface area (Å²) in [6.07, 6.45) is -4.91. The molecule has 0 radical (unpaired) electrons. The predicted molar refractivity (Wildman–Crippen MR) is 60.5 cm³/mol. The van der Waals surface area contributed by atoms with Gasteiger partial charge in [0.2, 0.25) is 6.04 Å². The van der Waals surface area contributed by atoms with E-state index in [9.17, 15) is 22.8 Å². The fraction of sp³-hybridized carbons (Fsp3) is 0.333. The second kappa shape index (κ2) is 5.73. The van der Waals surface area contributed by atoms with Crippen LogP contribution in [0.15, 0.2) is 24.3 Å². The summed E-state index contributed by atoms with van der Waals surface area (Å²) < 4.78 is 41.8. The Morgan fingerprint density at radius 2 is 1.95 bits per heavy atom. The first-order valence-electron chi connectivity index (χ1n) is 5.27. The van der Waals surface area contributed by atoms with E-state index in [0.717, 1.165) is 7.11 Å². The van der Waals surface area contributed by atoms with Crippen LogP contribution in [0.5, 0.6) is 0 Å². The van der Waals surface area contributed by atoms with Crippen molar-refractivity contribution in [1.29, 1.82) is 0 Å². The monoisotopic (exact) mass is 275 g/mol. The van der Waals surface area contributed by atoms with E-state index in [4.69, 9.17) is 0 Å². The van der Waals surface area contributed by atoms with Gasteiger partial charge in [-0.1, -0.05) is 17.7 Å². The van der Waals surface area contributed by atoms with Crippen molar-refractivity contribution < 1.29 is 27.5 Å². The van der Waals surface area contributed by atoms with Gasteiger partial charge >= 0.3 is 12.1 Å². The van der Waals surface area contributed by atoms with Crippen LogP contribution in [0.3, 0.4) is 0 Å². The molecule has 19 heavy (non-hydrogen) atoms. The Balaban J connectivity index is 2.91. The summed E-state index contributed by atoms with van der Waals surface area (Å²) >= 11 is 0. The topological polar surface area (TPSA) is 55.4 Å². The van der Waals surface area contributed by atoms with Crippen molar-refractivity contribution in [1.82, 2.24) is 5.32 Å². The maximum atomic E-state index is 12.6. The van der Waals surface area contributed by atoms with Crippen molar-refractivity contribution in [2.75, 3.05) is 7.11 Å². The third-order valence-electron chi connectivity index (χ3n) is 2.32. The second-order valence-corrected chi connectivity index (χ2v) is 3.84. The van der Waals surface area contributed by atoms with Crippen molar-refractivity contribution in [3.63, 3.8) is 0 Å². The average molecular weight is 275 g/mol. The number of aryl methyl sites for hydroxylation is 1. The van der Waals surface area contributed by atoms with Crippen molar-refractivity contribution >= 4 is 11.9 Å². The number of halogens is 3. The third-order valence-corrected chi connectivity index (χ3v) is 2.32. The van der Waals surface area contributed by atoms with Crippen LogP contribution in [0.1, 0.15) is 15.9 Å². The molecule has 1 amide bonds. The van der Waals surface area contributed by atoms with E-state index in [0.29, 0.717) is 5.56 Å². The van der Waals surface area contributed by atoms with Gasteiger partial charge in [-0.25, -0.2) is 4.79 Å². The quantitative estimate of drug-likeness (QED) is 0.856. The van der Waals surface area contributed by atoms with Crippen molar-refractivity contribution in [3.8, 4) is 0 Å². The molecule has 0 fully saturated rings. The van der Waals surface area contributed by atoms with Crippen LogP contribution in [-0.2, 0) is 9.53 Å². The molecule has 0 aliphatic carbocycles. The van der Waals surface area contributed by atoms with Gasteiger partial charge in [0.1, 0.15) is 0 Å². The number of methoxy groups -OCH3 is 1. The minimum Gasteiger partial charge on any atom is -0.467 e. The van der Waals surface area contributed by atoms with Crippen molar-refractivity contribution in [2.45, 2.75) is 19.1 Å². The Labute approximate surface area is 107 Å². The minimum atomic E-state index is -4.91. The Morgan fingerprint density at radius 3 is 2.42 bits per heavy atom. The first kappa shape index (κ1) is 15.0. The number of amides is 1. The number of ether oxygens (including phenoxy) is 1. The number of alkyl halides is 3. The normalized spacial score (nSPS) is 12.7. The molecular weight excluding hydrogens is 263 g/mol. The Morgan fingerprint density at radius 1 is 1.32 bits per heavy atom. The highest BCUT2D eigenvalue weighted by Gasteiger charge is 2.47. The molecule has 0 unspecified atom stereocenters. The van der Waals surface area contributed by atoms with Crippen LogP contribution in [0, 0.1) is 6.92 Å². The first-order valence-corrected chi connectivity index (χ1v) is 5.27. The molecule has 0 aliphatic rings. The van der Waals surface area contributed by atoms with E-state index in [1.165, 1.54) is 18.2 Å². The van der Waals surface area contributed by atoms with E-state index in [-0.39, 0.29) is 5.56 Å². The molecule has 1 atom stereocenters. The fourth-order valence-electron chi connectivity index (χ4n) is 1.39. The van der Waals surface area contributed by atoms with E-state index >= 15 is 0 Å². The van der Waals surface area contributed by atoms with E-state index in [2.05, 4.69) is 4.74 Å². The molecule has 0 aliphatic heterocycles. The molecule has 1 aromatic carbocycles. The Hall–Kier alpha value is -2.05. The summed E-state index contributed by atoms with van der Waals surface area (Å²) in [7, 11) is 0.819. The van der Waals surface area contributed by atoms with Gasteiger partial charge in [0.15, 0.2) is 0 Å². The number of rotatable bonds is 3. The lowest BCUT2D eigenvalue weighted by atomic mass is 10.1. The summed E-state index contributed by atoms with van der Waals surface area (Å²) in [6, 6.07) is 3.32. The summed E-state index contributed by atoms with van der Waals surface area (Å²) in [5, 5.41) is 1.61. The van der Waals surface area contributed by atoms with E-state index in [1.54, 1.807) is 18.3 Å².